The highest BCUT2D eigenvalue weighted by Crippen LogP contribution is 2.71. The molecule has 6 rings (SSSR count). The van der Waals surface area contributed by atoms with Crippen LogP contribution in [0.2, 0.25) is 0 Å². The van der Waals surface area contributed by atoms with Gasteiger partial charge in [-0.15, -0.1) is 0 Å². The predicted octanol–water partition coefficient (Wildman–Crippen LogP) is 1.33. The summed E-state index contributed by atoms with van der Waals surface area (Å²) in [5, 5.41) is 13.5. The molecule has 1 aliphatic heterocycles. The third kappa shape index (κ3) is 1.97. The van der Waals surface area contributed by atoms with Gasteiger partial charge < -0.3 is 10.4 Å². The molecule has 1 aromatic rings. The zero-order valence-electron chi connectivity index (χ0n) is 14.4. The summed E-state index contributed by atoms with van der Waals surface area (Å²) >= 11 is 0. The fourth-order valence-electron chi connectivity index (χ4n) is 4.96. The molecule has 4 aliphatic carbocycles. The van der Waals surface area contributed by atoms with Crippen LogP contribution in [0.25, 0.3) is 6.08 Å². The molecule has 0 unspecified atom stereocenters. The van der Waals surface area contributed by atoms with E-state index in [9.17, 15) is 9.90 Å². The number of carbonyl (C=O) groups excluding carboxylic acids is 1. The quantitative estimate of drug-likeness (QED) is 0.822. The standard InChI is InChI=1S/C19H23BN2O2/c1-17(2,24)18-8-19(9-18,10-18)22-16(23)12-5-14-15(21-7-12)6-13(20-14)11-3-4-11/h5-7,11,20,24H,3-4,8-10H2,1-2H3,(H,22,23). The molecular weight excluding hydrogens is 299 g/mol. The van der Waals surface area contributed by atoms with Crippen molar-refractivity contribution in [2.24, 2.45) is 11.3 Å². The lowest BCUT2D eigenvalue weighted by Crippen LogP contribution is -2.79. The molecule has 2 N–H and O–H groups in total. The number of rotatable bonds is 4. The molecule has 0 saturated heterocycles. The van der Waals surface area contributed by atoms with E-state index in [0.29, 0.717) is 5.56 Å². The lowest BCUT2D eigenvalue weighted by Gasteiger charge is -2.74. The third-order valence-electron chi connectivity index (χ3n) is 6.79. The fraction of sp³-hybridized carbons (Fsp3) is 0.579. The van der Waals surface area contributed by atoms with E-state index in [2.05, 4.69) is 16.4 Å². The second-order valence-electron chi connectivity index (χ2n) is 9.04. The van der Waals surface area contributed by atoms with Crippen molar-refractivity contribution in [1.29, 1.82) is 0 Å². The number of nitrogens with one attached hydrogen (secondary N) is 1. The average molecular weight is 322 g/mol. The largest absolute Gasteiger partial charge is 0.390 e. The van der Waals surface area contributed by atoms with Gasteiger partial charge in [0.2, 0.25) is 0 Å². The minimum Gasteiger partial charge on any atom is -0.390 e. The van der Waals surface area contributed by atoms with Crippen molar-refractivity contribution in [3.63, 3.8) is 0 Å². The van der Waals surface area contributed by atoms with Gasteiger partial charge in [0.15, 0.2) is 7.28 Å². The Morgan fingerprint density at radius 2 is 2.08 bits per heavy atom. The molecule has 4 nitrogen and oxygen atoms in total. The number of hydrogen-bond donors (Lipinski definition) is 2. The molecule has 4 fully saturated rings. The normalized spacial score (nSPS) is 32.9. The molecule has 1 amide bonds. The van der Waals surface area contributed by atoms with Crippen molar-refractivity contribution in [3.05, 3.63) is 29.0 Å². The maximum absolute atomic E-state index is 12.6. The maximum Gasteiger partial charge on any atom is 0.253 e. The molecule has 2 heterocycles. The van der Waals surface area contributed by atoms with E-state index in [4.69, 9.17) is 0 Å². The molecule has 24 heavy (non-hydrogen) atoms. The van der Waals surface area contributed by atoms with Crippen LogP contribution >= 0.6 is 0 Å². The molecule has 1 aromatic heterocycles. The molecule has 2 bridgehead atoms. The monoisotopic (exact) mass is 322 g/mol. The Morgan fingerprint density at radius 1 is 1.38 bits per heavy atom. The second kappa shape index (κ2) is 4.31. The van der Waals surface area contributed by atoms with Gasteiger partial charge in [-0.05, 0) is 57.9 Å². The molecular formula is C19H23BN2O2. The van der Waals surface area contributed by atoms with Crippen LogP contribution in [-0.4, -0.2) is 34.4 Å². The Bertz CT molecular complexity index is 769. The van der Waals surface area contributed by atoms with E-state index in [0.717, 1.165) is 38.2 Å². The van der Waals surface area contributed by atoms with Crippen LogP contribution in [0.4, 0.5) is 0 Å². The van der Waals surface area contributed by atoms with Crippen LogP contribution in [0.3, 0.4) is 0 Å². The summed E-state index contributed by atoms with van der Waals surface area (Å²) < 4.78 is 0. The predicted molar refractivity (Wildman–Crippen MR) is 94.5 cm³/mol. The summed E-state index contributed by atoms with van der Waals surface area (Å²) in [5.74, 6) is 0.740. The molecule has 124 valence electrons. The summed E-state index contributed by atoms with van der Waals surface area (Å²) in [7, 11) is 0.959. The highest BCUT2D eigenvalue weighted by Gasteiger charge is 2.73. The van der Waals surface area contributed by atoms with Crippen molar-refractivity contribution in [2.75, 3.05) is 0 Å². The maximum atomic E-state index is 12.6. The van der Waals surface area contributed by atoms with Gasteiger partial charge in [0.05, 0.1) is 16.9 Å². The van der Waals surface area contributed by atoms with Crippen LogP contribution in [0, 0.1) is 11.3 Å². The fourth-order valence-corrected chi connectivity index (χ4v) is 4.96. The van der Waals surface area contributed by atoms with E-state index < -0.39 is 5.60 Å². The van der Waals surface area contributed by atoms with Crippen LogP contribution in [0.15, 0.2) is 17.7 Å². The molecule has 5 aliphatic rings. The first-order valence-corrected chi connectivity index (χ1v) is 9.04. The van der Waals surface area contributed by atoms with E-state index in [-0.39, 0.29) is 16.9 Å². The number of pyridine rings is 1. The van der Waals surface area contributed by atoms with Crippen molar-refractivity contribution in [3.8, 4) is 0 Å². The zero-order chi connectivity index (χ0) is 16.7. The van der Waals surface area contributed by atoms with Gasteiger partial charge in [-0.3, -0.25) is 9.78 Å². The lowest BCUT2D eigenvalue weighted by molar-refractivity contribution is -0.247. The number of amides is 1. The van der Waals surface area contributed by atoms with Gasteiger partial charge >= 0.3 is 0 Å². The minimum absolute atomic E-state index is 0.0134. The lowest BCUT2D eigenvalue weighted by atomic mass is 9.35. The van der Waals surface area contributed by atoms with Crippen molar-refractivity contribution < 1.29 is 9.90 Å². The first-order valence-electron chi connectivity index (χ1n) is 9.04. The molecule has 0 spiro atoms. The summed E-state index contributed by atoms with van der Waals surface area (Å²) in [6, 6.07) is 2.01. The number of nitrogens with zero attached hydrogens (tertiary/aromatic N) is 1. The van der Waals surface area contributed by atoms with Crippen molar-refractivity contribution in [1.82, 2.24) is 10.3 Å². The molecule has 5 heteroatoms. The number of carbonyl (C=O) groups is 1. The molecule has 4 saturated carbocycles. The van der Waals surface area contributed by atoms with Crippen molar-refractivity contribution in [2.45, 2.75) is 57.1 Å². The van der Waals surface area contributed by atoms with Gasteiger partial charge in [-0.1, -0.05) is 17.0 Å². The SMILES string of the molecule is CC(C)(O)C12CC(NC(=O)c3cnc4c(c3)BC(C3CC3)=C4)(C1)C2. The second-order valence-corrected chi connectivity index (χ2v) is 9.04. The Morgan fingerprint density at radius 3 is 2.71 bits per heavy atom. The van der Waals surface area contributed by atoms with Gasteiger partial charge in [-0.2, -0.15) is 0 Å². The van der Waals surface area contributed by atoms with Crippen LogP contribution < -0.4 is 10.8 Å². The van der Waals surface area contributed by atoms with Crippen molar-refractivity contribution >= 4 is 24.7 Å². The number of aliphatic hydroxyl groups is 1. The summed E-state index contributed by atoms with van der Waals surface area (Å²) in [6.07, 6.45) is 9.20. The first-order chi connectivity index (χ1) is 11.3. The van der Waals surface area contributed by atoms with E-state index in [1.807, 2.05) is 19.9 Å². The Hall–Kier alpha value is -1.62. The van der Waals surface area contributed by atoms with Gasteiger partial charge in [0.25, 0.3) is 5.91 Å². The smallest absolute Gasteiger partial charge is 0.253 e. The molecule has 0 aromatic carbocycles. The Balaban J connectivity index is 1.27. The number of aromatic nitrogens is 1. The summed E-state index contributed by atoms with van der Waals surface area (Å²) in [6.45, 7) is 3.76. The van der Waals surface area contributed by atoms with E-state index in [1.54, 1.807) is 6.20 Å². The van der Waals surface area contributed by atoms with Gasteiger partial charge in [-0.25, -0.2) is 0 Å². The first kappa shape index (κ1) is 14.7. The Labute approximate surface area is 143 Å². The summed E-state index contributed by atoms with van der Waals surface area (Å²) in [4.78, 5) is 17.1. The van der Waals surface area contributed by atoms with Crippen LogP contribution in [0.1, 0.15) is 62.0 Å². The number of allylic oxidation sites excluding steroid dienone is 1. The topological polar surface area (TPSA) is 62.2 Å². The Kier molecular flexibility index (Phi) is 2.64. The van der Waals surface area contributed by atoms with Crippen LogP contribution in [-0.2, 0) is 0 Å². The molecule has 0 radical (unpaired) electrons. The highest BCUT2D eigenvalue weighted by atomic mass is 16.3. The van der Waals surface area contributed by atoms with E-state index in [1.165, 1.54) is 23.8 Å². The highest BCUT2D eigenvalue weighted by molar-refractivity contribution is 6.65. The van der Waals surface area contributed by atoms with Gasteiger partial charge in [0, 0.05) is 17.2 Å². The van der Waals surface area contributed by atoms with Crippen LogP contribution in [0.5, 0.6) is 0 Å². The number of hydrogen-bond acceptors (Lipinski definition) is 3. The van der Waals surface area contributed by atoms with E-state index >= 15 is 0 Å². The zero-order valence-corrected chi connectivity index (χ0v) is 14.4. The minimum atomic E-state index is -0.653. The average Bonchev–Trinajstić information content (AvgIpc) is 3.18. The summed E-state index contributed by atoms with van der Waals surface area (Å²) in [5.41, 5.74) is 3.66. The third-order valence-corrected chi connectivity index (χ3v) is 6.79. The van der Waals surface area contributed by atoms with Gasteiger partial charge in [0.1, 0.15) is 0 Å². The number of fused-ring (bicyclic) bond motifs is 1. The molecule has 0 atom stereocenters.